The highest BCUT2D eigenvalue weighted by atomic mass is 14.9. The molecule has 1 rings (SSSR count). The van der Waals surface area contributed by atoms with E-state index in [9.17, 15) is 0 Å². The first-order chi connectivity index (χ1) is 6.61. The smallest absolute Gasteiger partial charge is 0.0396 e. The fourth-order valence-electron chi connectivity index (χ4n) is 1.29. The van der Waals surface area contributed by atoms with Crippen LogP contribution in [0.5, 0.6) is 0 Å². The van der Waals surface area contributed by atoms with Gasteiger partial charge in [-0.25, -0.2) is 0 Å². The van der Waals surface area contributed by atoms with Crippen molar-refractivity contribution in [3.63, 3.8) is 0 Å². The minimum Gasteiger partial charge on any atom is -0.381 e. The Morgan fingerprint density at radius 1 is 1.36 bits per heavy atom. The van der Waals surface area contributed by atoms with E-state index >= 15 is 0 Å². The van der Waals surface area contributed by atoms with Gasteiger partial charge in [0, 0.05) is 23.6 Å². The molecule has 0 saturated heterocycles. The molecule has 1 aromatic rings. The Labute approximate surface area is 86.1 Å². The van der Waals surface area contributed by atoms with Crippen molar-refractivity contribution in [3.8, 4) is 0 Å². The zero-order valence-electron chi connectivity index (χ0n) is 9.22. The summed E-state index contributed by atoms with van der Waals surface area (Å²) in [4.78, 5) is 4.32. The molecule has 0 atom stereocenters. The summed E-state index contributed by atoms with van der Waals surface area (Å²) in [6, 6.07) is 4.10. The van der Waals surface area contributed by atoms with Gasteiger partial charge in [-0.2, -0.15) is 0 Å². The lowest BCUT2D eigenvalue weighted by Gasteiger charge is -2.08. The molecule has 1 aromatic heterocycles. The molecule has 0 spiro atoms. The second kappa shape index (κ2) is 4.80. The van der Waals surface area contributed by atoms with E-state index in [4.69, 9.17) is 0 Å². The van der Waals surface area contributed by atoms with Gasteiger partial charge >= 0.3 is 0 Å². The van der Waals surface area contributed by atoms with Crippen molar-refractivity contribution in [1.29, 1.82) is 0 Å². The van der Waals surface area contributed by atoms with Gasteiger partial charge < -0.3 is 5.32 Å². The highest BCUT2D eigenvalue weighted by Crippen LogP contribution is 2.11. The average molecular weight is 190 g/mol. The zero-order chi connectivity index (χ0) is 10.6. The van der Waals surface area contributed by atoms with Crippen LogP contribution in [0.3, 0.4) is 0 Å². The largest absolute Gasteiger partial charge is 0.381 e. The van der Waals surface area contributed by atoms with Crippen molar-refractivity contribution in [3.05, 3.63) is 35.7 Å². The van der Waals surface area contributed by atoms with Crippen LogP contribution in [0.1, 0.15) is 24.7 Å². The van der Waals surface area contributed by atoms with Crippen LogP contribution >= 0.6 is 0 Å². The normalized spacial score (nSPS) is 9.93. The molecule has 2 heteroatoms. The van der Waals surface area contributed by atoms with Crippen molar-refractivity contribution >= 4 is 5.69 Å². The highest BCUT2D eigenvalue weighted by molar-refractivity contribution is 5.46. The zero-order valence-corrected chi connectivity index (χ0v) is 9.22. The number of aromatic nitrogens is 1. The van der Waals surface area contributed by atoms with Gasteiger partial charge in [-0.05, 0) is 32.4 Å². The second-order valence-corrected chi connectivity index (χ2v) is 3.60. The van der Waals surface area contributed by atoms with E-state index in [1.54, 1.807) is 0 Å². The van der Waals surface area contributed by atoms with Gasteiger partial charge in [0.2, 0.25) is 0 Å². The first kappa shape index (κ1) is 10.8. The summed E-state index contributed by atoms with van der Waals surface area (Å²) in [6.45, 7) is 10.9. The second-order valence-electron chi connectivity index (χ2n) is 3.60. The molecule has 76 valence electrons. The predicted octanol–water partition coefficient (Wildman–Crippen LogP) is 3.08. The van der Waals surface area contributed by atoms with Crippen LogP contribution in [0.2, 0.25) is 0 Å². The summed E-state index contributed by atoms with van der Waals surface area (Å²) in [5.41, 5.74) is 4.45. The highest BCUT2D eigenvalue weighted by Gasteiger charge is 1.96. The Hall–Kier alpha value is -1.31. The topological polar surface area (TPSA) is 24.9 Å². The maximum Gasteiger partial charge on any atom is 0.0396 e. The third kappa shape index (κ3) is 3.21. The van der Waals surface area contributed by atoms with E-state index < -0.39 is 0 Å². The van der Waals surface area contributed by atoms with Crippen LogP contribution in [-0.2, 0) is 0 Å². The quantitative estimate of drug-likeness (QED) is 0.738. The number of anilines is 1. The van der Waals surface area contributed by atoms with Gasteiger partial charge in [-0.1, -0.05) is 19.1 Å². The number of aryl methyl sites for hydroxylation is 2. The molecule has 0 aliphatic heterocycles. The average Bonchev–Trinajstić information content (AvgIpc) is 2.12. The van der Waals surface area contributed by atoms with E-state index in [0.29, 0.717) is 0 Å². The van der Waals surface area contributed by atoms with E-state index in [-0.39, 0.29) is 0 Å². The van der Waals surface area contributed by atoms with E-state index in [1.807, 2.05) is 13.8 Å². The minimum absolute atomic E-state index is 0.847. The van der Waals surface area contributed by atoms with Crippen molar-refractivity contribution < 1.29 is 0 Å². The molecule has 1 heterocycles. The van der Waals surface area contributed by atoms with Crippen molar-refractivity contribution in [2.24, 2.45) is 0 Å². The Bertz CT molecular complexity index is 309. The van der Waals surface area contributed by atoms with Crippen molar-refractivity contribution in [2.45, 2.75) is 27.2 Å². The Morgan fingerprint density at radius 2 is 1.93 bits per heavy atom. The lowest BCUT2D eigenvalue weighted by Crippen LogP contribution is -2.04. The first-order valence-corrected chi connectivity index (χ1v) is 4.97. The standard InChI is InChI=1S/C12H18N2/c1-5-9(2)8-13-12-6-10(3)14-11(4)7-12/h6-7H,2,5,8H2,1,3-4H3,(H,13,14). The van der Waals surface area contributed by atoms with Gasteiger partial charge in [0.15, 0.2) is 0 Å². The molecule has 0 amide bonds. The van der Waals surface area contributed by atoms with E-state index in [2.05, 4.69) is 35.9 Å². The van der Waals surface area contributed by atoms with Gasteiger partial charge in [0.1, 0.15) is 0 Å². The van der Waals surface area contributed by atoms with Crippen LogP contribution in [0.25, 0.3) is 0 Å². The molecule has 14 heavy (non-hydrogen) atoms. The van der Waals surface area contributed by atoms with Crippen LogP contribution in [0.4, 0.5) is 5.69 Å². The number of nitrogens with one attached hydrogen (secondary N) is 1. The van der Waals surface area contributed by atoms with Crippen LogP contribution in [-0.4, -0.2) is 11.5 Å². The van der Waals surface area contributed by atoms with Gasteiger partial charge in [-0.15, -0.1) is 0 Å². The molecule has 0 bridgehead atoms. The third-order valence-electron chi connectivity index (χ3n) is 2.12. The fraction of sp³-hybridized carbons (Fsp3) is 0.417. The molecule has 2 nitrogen and oxygen atoms in total. The van der Waals surface area contributed by atoms with E-state index in [1.165, 1.54) is 5.57 Å². The Balaban J connectivity index is 2.63. The molecule has 0 fully saturated rings. The molecular weight excluding hydrogens is 172 g/mol. The van der Waals surface area contributed by atoms with Crippen molar-refractivity contribution in [1.82, 2.24) is 4.98 Å². The molecule has 0 saturated carbocycles. The molecular formula is C12H18N2. The number of hydrogen-bond acceptors (Lipinski definition) is 2. The lowest BCUT2D eigenvalue weighted by atomic mass is 10.2. The fourth-order valence-corrected chi connectivity index (χ4v) is 1.29. The monoisotopic (exact) mass is 190 g/mol. The molecule has 0 unspecified atom stereocenters. The van der Waals surface area contributed by atoms with Gasteiger partial charge in [-0.3, -0.25) is 4.98 Å². The minimum atomic E-state index is 0.847. The summed E-state index contributed by atoms with van der Waals surface area (Å²) < 4.78 is 0. The van der Waals surface area contributed by atoms with Crippen LogP contribution in [0, 0.1) is 13.8 Å². The first-order valence-electron chi connectivity index (χ1n) is 4.97. The maximum atomic E-state index is 4.32. The van der Waals surface area contributed by atoms with Gasteiger partial charge in [0.25, 0.3) is 0 Å². The summed E-state index contributed by atoms with van der Waals surface area (Å²) >= 11 is 0. The van der Waals surface area contributed by atoms with Gasteiger partial charge in [0.05, 0.1) is 0 Å². The number of rotatable bonds is 4. The van der Waals surface area contributed by atoms with E-state index in [0.717, 1.165) is 30.0 Å². The molecule has 0 radical (unpaired) electrons. The third-order valence-corrected chi connectivity index (χ3v) is 2.12. The molecule has 1 N–H and O–H groups in total. The molecule has 0 aliphatic rings. The van der Waals surface area contributed by atoms with Crippen LogP contribution in [0.15, 0.2) is 24.3 Å². The lowest BCUT2D eigenvalue weighted by molar-refractivity contribution is 1.04. The summed E-state index contributed by atoms with van der Waals surface area (Å²) in [5, 5.41) is 3.34. The summed E-state index contributed by atoms with van der Waals surface area (Å²) in [5.74, 6) is 0. The SMILES string of the molecule is C=C(CC)CNc1cc(C)nc(C)c1. The Morgan fingerprint density at radius 3 is 2.43 bits per heavy atom. The Kier molecular flexibility index (Phi) is 3.69. The van der Waals surface area contributed by atoms with Crippen molar-refractivity contribution in [2.75, 3.05) is 11.9 Å². The maximum absolute atomic E-state index is 4.32. The molecule has 0 aliphatic carbocycles. The predicted molar refractivity (Wildman–Crippen MR) is 61.6 cm³/mol. The molecule has 0 aromatic carbocycles. The summed E-state index contributed by atoms with van der Waals surface area (Å²) in [6.07, 6.45) is 1.02. The number of hydrogen-bond donors (Lipinski definition) is 1. The summed E-state index contributed by atoms with van der Waals surface area (Å²) in [7, 11) is 0. The number of pyridine rings is 1. The van der Waals surface area contributed by atoms with Crippen LogP contribution < -0.4 is 5.32 Å². The number of nitrogens with zero attached hydrogens (tertiary/aromatic N) is 1.